The normalized spacial score (nSPS) is 24.2. The molecule has 0 nitrogen and oxygen atoms in total. The van der Waals surface area contributed by atoms with E-state index in [0.717, 1.165) is 10.0 Å². The van der Waals surface area contributed by atoms with Gasteiger partial charge in [-0.2, -0.15) is 0 Å². The fourth-order valence-electron chi connectivity index (χ4n) is 2.50. The van der Waals surface area contributed by atoms with Crippen LogP contribution in [0.25, 0.3) is 0 Å². The summed E-state index contributed by atoms with van der Waals surface area (Å²) in [7, 11) is 0. The van der Waals surface area contributed by atoms with Crippen LogP contribution in [0.1, 0.15) is 23.0 Å². The number of hydrogen-bond acceptors (Lipinski definition) is 0. The summed E-state index contributed by atoms with van der Waals surface area (Å²) in [4.78, 5) is 0. The van der Waals surface area contributed by atoms with E-state index in [-0.39, 0.29) is 3.23 Å². The molecule has 2 atom stereocenters. The lowest BCUT2D eigenvalue weighted by Gasteiger charge is -2.01. The van der Waals surface area contributed by atoms with E-state index in [9.17, 15) is 0 Å². The lowest BCUT2D eigenvalue weighted by Crippen LogP contribution is -1.88. The van der Waals surface area contributed by atoms with E-state index in [4.69, 9.17) is 23.2 Å². The van der Waals surface area contributed by atoms with Crippen molar-refractivity contribution >= 4 is 55.1 Å². The molecule has 2 aromatic carbocycles. The molecule has 19 heavy (non-hydrogen) atoms. The second-order valence-corrected chi connectivity index (χ2v) is 9.29. The van der Waals surface area contributed by atoms with Gasteiger partial charge in [-0.1, -0.05) is 79.3 Å². The van der Waals surface area contributed by atoms with Crippen molar-refractivity contribution in [2.45, 2.75) is 15.1 Å². The van der Waals surface area contributed by atoms with E-state index >= 15 is 0 Å². The molecule has 0 aliphatic heterocycles. The summed E-state index contributed by atoms with van der Waals surface area (Å²) < 4.78 is -0.0817. The van der Waals surface area contributed by atoms with Crippen molar-refractivity contribution in [2.75, 3.05) is 0 Å². The Labute approximate surface area is 139 Å². The molecule has 0 aromatic heterocycles. The predicted octanol–water partition coefficient (Wildman–Crippen LogP) is 6.36. The summed E-state index contributed by atoms with van der Waals surface area (Å²) in [5.41, 5.74) is 2.55. The molecule has 0 spiro atoms. The fourth-order valence-corrected chi connectivity index (χ4v) is 4.60. The van der Waals surface area contributed by atoms with Crippen LogP contribution in [0.3, 0.4) is 0 Å². The maximum Gasteiger partial charge on any atom is 0.0954 e. The molecule has 3 rings (SSSR count). The summed E-state index contributed by atoms with van der Waals surface area (Å²) >= 11 is 19.4. The van der Waals surface area contributed by atoms with Crippen LogP contribution in [0.4, 0.5) is 0 Å². The third-order valence-electron chi connectivity index (χ3n) is 3.51. The SMILES string of the molecule is Clc1ccc(C2C(c3ccc(Cl)cc3)C2(Br)Br)cc1. The Bertz CT molecular complexity index is 537. The molecule has 1 aliphatic carbocycles. The minimum absolute atomic E-state index is 0.0817. The predicted molar refractivity (Wildman–Crippen MR) is 89.0 cm³/mol. The maximum absolute atomic E-state index is 5.94. The number of alkyl halides is 2. The van der Waals surface area contributed by atoms with Crippen LogP contribution in [0.5, 0.6) is 0 Å². The highest BCUT2D eigenvalue weighted by atomic mass is 79.9. The van der Waals surface area contributed by atoms with Gasteiger partial charge in [-0.05, 0) is 35.4 Å². The fraction of sp³-hybridized carbons (Fsp3) is 0.200. The van der Waals surface area contributed by atoms with Gasteiger partial charge in [0, 0.05) is 21.9 Å². The van der Waals surface area contributed by atoms with Gasteiger partial charge in [0.05, 0.1) is 3.23 Å². The van der Waals surface area contributed by atoms with E-state index in [1.807, 2.05) is 24.3 Å². The monoisotopic (exact) mass is 418 g/mol. The first kappa shape index (κ1) is 13.9. The maximum atomic E-state index is 5.94. The summed E-state index contributed by atoms with van der Waals surface area (Å²) in [6, 6.07) is 16.1. The highest BCUT2D eigenvalue weighted by molar-refractivity contribution is 9.25. The Morgan fingerprint density at radius 2 is 1.00 bits per heavy atom. The van der Waals surface area contributed by atoms with Crippen molar-refractivity contribution in [3.8, 4) is 0 Å². The Kier molecular flexibility index (Phi) is 3.72. The quantitative estimate of drug-likeness (QED) is 0.496. The summed E-state index contributed by atoms with van der Waals surface area (Å²) in [5.74, 6) is 0.789. The first-order chi connectivity index (χ1) is 9.00. The smallest absolute Gasteiger partial charge is 0.0843 e. The zero-order chi connectivity index (χ0) is 13.6. The highest BCUT2D eigenvalue weighted by Gasteiger charge is 2.62. The van der Waals surface area contributed by atoms with E-state index in [2.05, 4.69) is 56.1 Å². The van der Waals surface area contributed by atoms with Gasteiger partial charge in [0.15, 0.2) is 0 Å². The molecule has 0 N–H and O–H groups in total. The first-order valence-corrected chi connectivity index (χ1v) is 8.23. The minimum atomic E-state index is -0.0817. The third-order valence-corrected chi connectivity index (χ3v) is 5.99. The largest absolute Gasteiger partial charge is 0.0954 e. The molecule has 0 bridgehead atoms. The molecule has 1 saturated carbocycles. The van der Waals surface area contributed by atoms with Crippen molar-refractivity contribution in [1.29, 1.82) is 0 Å². The lowest BCUT2D eigenvalue weighted by molar-refractivity contribution is 1.03. The molecule has 1 fully saturated rings. The van der Waals surface area contributed by atoms with Crippen LogP contribution in [0.2, 0.25) is 10.0 Å². The standard InChI is InChI=1S/C15H10Br2Cl2/c16-15(17)13(9-1-5-11(18)6-2-9)14(15)10-3-7-12(19)8-4-10/h1-8,13-14H. The van der Waals surface area contributed by atoms with Gasteiger partial charge >= 0.3 is 0 Å². The van der Waals surface area contributed by atoms with Crippen LogP contribution < -0.4 is 0 Å². The van der Waals surface area contributed by atoms with Crippen molar-refractivity contribution in [1.82, 2.24) is 0 Å². The van der Waals surface area contributed by atoms with E-state index < -0.39 is 0 Å². The molecule has 1 aliphatic rings. The molecule has 4 heteroatoms. The molecule has 98 valence electrons. The van der Waals surface area contributed by atoms with Gasteiger partial charge < -0.3 is 0 Å². The third kappa shape index (κ3) is 2.61. The van der Waals surface area contributed by atoms with Gasteiger partial charge in [-0.15, -0.1) is 0 Å². The lowest BCUT2D eigenvalue weighted by atomic mass is 10.0. The summed E-state index contributed by atoms with van der Waals surface area (Å²) in [5, 5.41) is 1.53. The highest BCUT2D eigenvalue weighted by Crippen LogP contribution is 2.72. The van der Waals surface area contributed by atoms with Gasteiger partial charge in [-0.3, -0.25) is 0 Å². The van der Waals surface area contributed by atoms with Gasteiger partial charge in [0.1, 0.15) is 0 Å². The number of rotatable bonds is 2. The van der Waals surface area contributed by atoms with Gasteiger partial charge in [0.2, 0.25) is 0 Å². The Balaban J connectivity index is 1.92. The van der Waals surface area contributed by atoms with Gasteiger partial charge in [0.25, 0.3) is 0 Å². The topological polar surface area (TPSA) is 0 Å². The van der Waals surface area contributed by atoms with Crippen molar-refractivity contribution in [2.24, 2.45) is 0 Å². The van der Waals surface area contributed by atoms with Crippen LogP contribution in [0.15, 0.2) is 48.5 Å². The van der Waals surface area contributed by atoms with Gasteiger partial charge in [-0.25, -0.2) is 0 Å². The van der Waals surface area contributed by atoms with Crippen molar-refractivity contribution < 1.29 is 0 Å². The minimum Gasteiger partial charge on any atom is -0.0843 e. The Morgan fingerprint density at radius 1 is 0.684 bits per heavy atom. The average molecular weight is 421 g/mol. The van der Waals surface area contributed by atoms with E-state index in [0.29, 0.717) is 11.8 Å². The molecular formula is C15H10Br2Cl2. The number of hydrogen-bond donors (Lipinski definition) is 0. The average Bonchev–Trinajstić information content (AvgIpc) is 2.94. The second kappa shape index (κ2) is 5.07. The zero-order valence-corrected chi connectivity index (χ0v) is 14.5. The van der Waals surface area contributed by atoms with Crippen LogP contribution in [-0.4, -0.2) is 3.23 Å². The molecular weight excluding hydrogens is 411 g/mol. The van der Waals surface area contributed by atoms with E-state index in [1.165, 1.54) is 11.1 Å². The van der Waals surface area contributed by atoms with Crippen molar-refractivity contribution in [3.63, 3.8) is 0 Å². The Morgan fingerprint density at radius 3 is 1.32 bits per heavy atom. The first-order valence-electron chi connectivity index (χ1n) is 5.89. The van der Waals surface area contributed by atoms with Crippen LogP contribution in [0, 0.1) is 0 Å². The molecule has 0 amide bonds. The molecule has 0 radical (unpaired) electrons. The molecule has 2 aromatic rings. The summed E-state index contributed by atoms with van der Waals surface area (Å²) in [6.07, 6.45) is 0. The molecule has 2 unspecified atom stereocenters. The Hall–Kier alpha value is -0.0200. The number of benzene rings is 2. The van der Waals surface area contributed by atoms with Crippen LogP contribution in [-0.2, 0) is 0 Å². The number of halogens is 4. The van der Waals surface area contributed by atoms with E-state index in [1.54, 1.807) is 0 Å². The zero-order valence-electron chi connectivity index (χ0n) is 9.79. The van der Waals surface area contributed by atoms with Crippen LogP contribution >= 0.6 is 55.1 Å². The second-order valence-electron chi connectivity index (χ2n) is 4.73. The molecule has 0 saturated heterocycles. The van der Waals surface area contributed by atoms with Crippen molar-refractivity contribution in [3.05, 3.63) is 69.7 Å². The molecule has 0 heterocycles. The summed E-state index contributed by atoms with van der Waals surface area (Å²) in [6.45, 7) is 0.